The number of rotatable bonds is 5. The first kappa shape index (κ1) is 19.3. The van der Waals surface area contributed by atoms with E-state index >= 15 is 0 Å². The van der Waals surface area contributed by atoms with E-state index in [2.05, 4.69) is 5.32 Å². The first-order valence-corrected chi connectivity index (χ1v) is 10.2. The Hall–Kier alpha value is -2.48. The molecule has 1 fully saturated rings. The molecular formula is C19H20F2N2O3S. The van der Waals surface area contributed by atoms with Gasteiger partial charge in [0, 0.05) is 30.4 Å². The number of piperidine rings is 1. The number of hydrogen-bond acceptors (Lipinski definition) is 4. The number of sulfone groups is 1. The smallest absolute Gasteiger partial charge is 0.341 e. The Morgan fingerprint density at radius 3 is 2.15 bits per heavy atom. The third-order valence-corrected chi connectivity index (χ3v) is 6.07. The predicted octanol–water partition coefficient (Wildman–Crippen LogP) is 3.54. The summed E-state index contributed by atoms with van der Waals surface area (Å²) in [6.07, 6.45) is 1.32. The van der Waals surface area contributed by atoms with Gasteiger partial charge in [-0.25, -0.2) is 8.42 Å². The Bertz CT molecular complexity index is 879. The van der Waals surface area contributed by atoms with Crippen molar-refractivity contribution in [2.75, 3.05) is 23.3 Å². The zero-order valence-electron chi connectivity index (χ0n) is 14.5. The fourth-order valence-electron chi connectivity index (χ4n) is 3.12. The van der Waals surface area contributed by atoms with Crippen molar-refractivity contribution in [1.82, 2.24) is 0 Å². The van der Waals surface area contributed by atoms with Gasteiger partial charge >= 0.3 is 5.76 Å². The summed E-state index contributed by atoms with van der Waals surface area (Å²) in [4.78, 5) is 14.0. The third kappa shape index (κ3) is 4.44. The molecule has 27 heavy (non-hydrogen) atoms. The molecule has 1 amide bonds. The molecule has 0 saturated carbocycles. The molecule has 1 aliphatic heterocycles. The molecule has 0 atom stereocenters. The molecule has 0 unspecified atom stereocenters. The first-order chi connectivity index (χ1) is 12.9. The van der Waals surface area contributed by atoms with E-state index in [1.807, 2.05) is 35.2 Å². The molecule has 0 radical (unpaired) electrons. The summed E-state index contributed by atoms with van der Waals surface area (Å²) in [7, 11) is -4.58. The van der Waals surface area contributed by atoms with Crippen LogP contribution in [0, 0.1) is 5.92 Å². The fraction of sp³-hybridized carbons (Fsp3) is 0.316. The van der Waals surface area contributed by atoms with Crippen molar-refractivity contribution in [3.05, 3.63) is 54.6 Å². The molecule has 144 valence electrons. The van der Waals surface area contributed by atoms with Crippen molar-refractivity contribution in [2.24, 2.45) is 5.92 Å². The summed E-state index contributed by atoms with van der Waals surface area (Å²) in [5.74, 6) is -3.54. The van der Waals surface area contributed by atoms with Gasteiger partial charge in [-0.2, -0.15) is 8.78 Å². The maximum Gasteiger partial charge on any atom is 0.341 e. The molecule has 1 aliphatic rings. The number of alkyl halides is 2. The van der Waals surface area contributed by atoms with Crippen LogP contribution in [0.3, 0.4) is 0 Å². The fourth-order valence-corrected chi connectivity index (χ4v) is 3.84. The Labute approximate surface area is 156 Å². The lowest BCUT2D eigenvalue weighted by Gasteiger charge is -2.33. The zero-order chi connectivity index (χ0) is 19.4. The van der Waals surface area contributed by atoms with Gasteiger partial charge in [-0.3, -0.25) is 4.79 Å². The van der Waals surface area contributed by atoms with E-state index in [9.17, 15) is 22.0 Å². The van der Waals surface area contributed by atoms with Gasteiger partial charge in [-0.1, -0.05) is 18.2 Å². The molecule has 5 nitrogen and oxygen atoms in total. The monoisotopic (exact) mass is 394 g/mol. The molecule has 1 saturated heterocycles. The maximum atomic E-state index is 12.6. The number of nitrogens with zero attached hydrogens (tertiary/aromatic N) is 1. The van der Waals surface area contributed by atoms with Crippen LogP contribution in [-0.2, 0) is 14.6 Å². The molecule has 1 N–H and O–H groups in total. The summed E-state index contributed by atoms with van der Waals surface area (Å²) in [5.41, 5.74) is 1.52. The summed E-state index contributed by atoms with van der Waals surface area (Å²) in [6.45, 7) is 1.27. The van der Waals surface area contributed by atoms with Gasteiger partial charge in [-0.15, -0.1) is 0 Å². The standard InChI is InChI=1S/C19H20F2N2O3S/c20-19(21)27(25,26)17-8-6-16(7-9-17)23-12-10-14(11-13-23)18(24)22-15-4-2-1-3-5-15/h1-9,14,19H,10-13H2,(H,22,24). The van der Waals surface area contributed by atoms with Gasteiger partial charge in [-0.05, 0) is 49.2 Å². The highest BCUT2D eigenvalue weighted by atomic mass is 32.2. The minimum atomic E-state index is -4.58. The number of carbonyl (C=O) groups excluding carboxylic acids is 1. The van der Waals surface area contributed by atoms with E-state index in [1.165, 1.54) is 24.3 Å². The number of para-hydroxylation sites is 1. The Morgan fingerprint density at radius 2 is 1.59 bits per heavy atom. The number of hydrogen-bond donors (Lipinski definition) is 1. The molecule has 0 aromatic heterocycles. The van der Waals surface area contributed by atoms with E-state index in [0.717, 1.165) is 11.4 Å². The summed E-state index contributed by atoms with van der Waals surface area (Å²) < 4.78 is 48.1. The van der Waals surface area contributed by atoms with Crippen LogP contribution in [0.1, 0.15) is 12.8 Å². The van der Waals surface area contributed by atoms with Crippen molar-refractivity contribution in [1.29, 1.82) is 0 Å². The second-order valence-corrected chi connectivity index (χ2v) is 8.33. The minimum absolute atomic E-state index is 0.0146. The highest BCUT2D eigenvalue weighted by molar-refractivity contribution is 7.91. The average Bonchev–Trinajstić information content (AvgIpc) is 2.69. The second-order valence-electron chi connectivity index (χ2n) is 6.42. The van der Waals surface area contributed by atoms with Gasteiger partial charge in [0.05, 0.1) is 4.90 Å². The summed E-state index contributed by atoms with van der Waals surface area (Å²) in [6, 6.07) is 14.7. The lowest BCUT2D eigenvalue weighted by atomic mass is 9.95. The molecule has 1 heterocycles. The normalized spacial score (nSPS) is 15.7. The molecule has 0 spiro atoms. The lowest BCUT2D eigenvalue weighted by molar-refractivity contribution is -0.120. The summed E-state index contributed by atoms with van der Waals surface area (Å²) in [5, 5.41) is 2.91. The average molecular weight is 394 g/mol. The Morgan fingerprint density at radius 1 is 1.00 bits per heavy atom. The number of benzene rings is 2. The van der Waals surface area contributed by atoms with Crippen LogP contribution in [-0.4, -0.2) is 33.2 Å². The molecule has 3 rings (SSSR count). The van der Waals surface area contributed by atoms with Gasteiger partial charge in [0.1, 0.15) is 0 Å². The zero-order valence-corrected chi connectivity index (χ0v) is 15.3. The van der Waals surface area contributed by atoms with Crippen LogP contribution in [0.4, 0.5) is 20.2 Å². The predicted molar refractivity (Wildman–Crippen MR) is 99.6 cm³/mol. The Balaban J connectivity index is 1.58. The largest absolute Gasteiger partial charge is 0.371 e. The third-order valence-electron chi connectivity index (χ3n) is 4.67. The van der Waals surface area contributed by atoms with Crippen molar-refractivity contribution < 1.29 is 22.0 Å². The highest BCUT2D eigenvalue weighted by Crippen LogP contribution is 2.26. The second kappa shape index (κ2) is 8.04. The lowest BCUT2D eigenvalue weighted by Crippen LogP contribution is -2.38. The number of anilines is 2. The Kier molecular flexibility index (Phi) is 5.74. The van der Waals surface area contributed by atoms with Gasteiger partial charge < -0.3 is 10.2 Å². The maximum absolute atomic E-state index is 12.6. The number of nitrogens with one attached hydrogen (secondary N) is 1. The van der Waals surface area contributed by atoms with E-state index in [0.29, 0.717) is 25.9 Å². The van der Waals surface area contributed by atoms with Crippen LogP contribution in [0.5, 0.6) is 0 Å². The van der Waals surface area contributed by atoms with E-state index < -0.39 is 20.5 Å². The van der Waals surface area contributed by atoms with Crippen LogP contribution in [0.25, 0.3) is 0 Å². The molecular weight excluding hydrogens is 374 g/mol. The quantitative estimate of drug-likeness (QED) is 0.842. The summed E-state index contributed by atoms with van der Waals surface area (Å²) >= 11 is 0. The SMILES string of the molecule is O=C(Nc1ccccc1)C1CCN(c2ccc(S(=O)(=O)C(F)F)cc2)CC1. The van der Waals surface area contributed by atoms with Crippen LogP contribution < -0.4 is 10.2 Å². The van der Waals surface area contributed by atoms with Crippen molar-refractivity contribution in [3.63, 3.8) is 0 Å². The minimum Gasteiger partial charge on any atom is -0.371 e. The van der Waals surface area contributed by atoms with Crippen molar-refractivity contribution in [2.45, 2.75) is 23.5 Å². The first-order valence-electron chi connectivity index (χ1n) is 8.61. The van der Waals surface area contributed by atoms with E-state index in [1.54, 1.807) is 0 Å². The number of halogens is 2. The van der Waals surface area contributed by atoms with E-state index in [-0.39, 0.29) is 11.8 Å². The molecule has 0 aliphatic carbocycles. The van der Waals surface area contributed by atoms with Crippen LogP contribution >= 0.6 is 0 Å². The van der Waals surface area contributed by atoms with E-state index in [4.69, 9.17) is 0 Å². The number of amides is 1. The van der Waals surface area contributed by atoms with Crippen LogP contribution in [0.2, 0.25) is 0 Å². The van der Waals surface area contributed by atoms with Gasteiger partial charge in [0.25, 0.3) is 0 Å². The molecule has 8 heteroatoms. The van der Waals surface area contributed by atoms with Gasteiger partial charge in [0.2, 0.25) is 15.7 Å². The molecule has 2 aromatic rings. The number of carbonyl (C=O) groups is 1. The topological polar surface area (TPSA) is 66.5 Å². The molecule has 0 bridgehead atoms. The van der Waals surface area contributed by atoms with Crippen molar-refractivity contribution >= 4 is 27.1 Å². The van der Waals surface area contributed by atoms with Gasteiger partial charge in [0.15, 0.2) is 0 Å². The highest BCUT2D eigenvalue weighted by Gasteiger charge is 2.28. The van der Waals surface area contributed by atoms with Crippen LogP contribution in [0.15, 0.2) is 59.5 Å². The molecule has 2 aromatic carbocycles. The van der Waals surface area contributed by atoms with Crippen molar-refractivity contribution in [3.8, 4) is 0 Å².